The maximum atomic E-state index is 13.4. The molecule has 17 heavy (non-hydrogen) atoms. The fraction of sp³-hybridized carbons (Fsp3) is 0. The lowest BCUT2D eigenvalue weighted by Crippen LogP contribution is -2.11. The van der Waals surface area contributed by atoms with Crippen LogP contribution in [-0.4, -0.2) is 9.97 Å². The Kier molecular flexibility index (Phi) is 3.77. The highest BCUT2D eigenvalue weighted by Crippen LogP contribution is 2.30. The minimum absolute atomic E-state index is 0.0982. The summed E-state index contributed by atoms with van der Waals surface area (Å²) in [4.78, 5) is 17.7. The molecule has 2 rings (SSSR count). The first kappa shape index (κ1) is 12.5. The highest BCUT2D eigenvalue weighted by atomic mass is 127. The molecule has 0 aliphatic heterocycles. The van der Waals surface area contributed by atoms with Crippen LogP contribution in [0.5, 0.6) is 0 Å². The second-order valence-corrected chi connectivity index (χ2v) is 5.14. The van der Waals surface area contributed by atoms with Crippen molar-refractivity contribution < 1.29 is 8.78 Å². The Hall–Kier alpha value is -0.960. The van der Waals surface area contributed by atoms with Crippen molar-refractivity contribution in [1.82, 2.24) is 9.97 Å². The zero-order valence-corrected chi connectivity index (χ0v) is 11.2. The molecule has 1 aromatic heterocycles. The smallest absolute Gasteiger partial charge is 0.265 e. The molecule has 0 saturated carbocycles. The normalized spacial score (nSPS) is 10.5. The van der Waals surface area contributed by atoms with Gasteiger partial charge in [0.2, 0.25) is 0 Å². The quantitative estimate of drug-likeness (QED) is 0.657. The first-order valence-corrected chi connectivity index (χ1v) is 6.33. The van der Waals surface area contributed by atoms with Gasteiger partial charge in [-0.05, 0) is 40.8 Å². The molecule has 1 aromatic carbocycles. The SMILES string of the molecule is O=c1[nH]cnc(Sc2cc(F)ccc2F)c1I. The van der Waals surface area contributed by atoms with Gasteiger partial charge in [-0.25, -0.2) is 13.8 Å². The van der Waals surface area contributed by atoms with Gasteiger partial charge in [-0.15, -0.1) is 0 Å². The molecule has 0 atom stereocenters. The van der Waals surface area contributed by atoms with E-state index in [1.807, 2.05) is 22.6 Å². The topological polar surface area (TPSA) is 45.8 Å². The standard InChI is InChI=1S/C10H5F2IN2OS/c11-5-1-2-6(12)7(3-5)17-10-8(13)9(16)14-4-15-10/h1-4H,(H,14,15,16). The first-order valence-electron chi connectivity index (χ1n) is 4.44. The summed E-state index contributed by atoms with van der Waals surface area (Å²) in [6, 6.07) is 3.15. The molecule has 0 spiro atoms. The third kappa shape index (κ3) is 2.83. The van der Waals surface area contributed by atoms with Crippen molar-refractivity contribution in [2.45, 2.75) is 9.92 Å². The summed E-state index contributed by atoms with van der Waals surface area (Å²) in [6.07, 6.45) is 1.23. The summed E-state index contributed by atoms with van der Waals surface area (Å²) in [5.74, 6) is -1.08. The minimum Gasteiger partial charge on any atom is -0.312 e. The second-order valence-electron chi connectivity index (χ2n) is 3.03. The molecular formula is C10H5F2IN2OS. The van der Waals surface area contributed by atoms with Crippen LogP contribution < -0.4 is 5.56 Å². The van der Waals surface area contributed by atoms with Gasteiger partial charge in [-0.1, -0.05) is 11.8 Å². The van der Waals surface area contributed by atoms with Crippen molar-refractivity contribution in [3.05, 3.63) is 50.1 Å². The minimum atomic E-state index is -0.547. The predicted octanol–water partition coefficient (Wildman–Crippen LogP) is 2.80. The highest BCUT2D eigenvalue weighted by Gasteiger charge is 2.11. The molecule has 0 unspecified atom stereocenters. The Morgan fingerprint density at radius 3 is 2.88 bits per heavy atom. The molecule has 88 valence electrons. The third-order valence-electron chi connectivity index (χ3n) is 1.86. The van der Waals surface area contributed by atoms with Gasteiger partial charge in [0, 0.05) is 0 Å². The van der Waals surface area contributed by atoms with E-state index in [0.717, 1.165) is 30.0 Å². The van der Waals surface area contributed by atoms with Crippen LogP contribution in [0.4, 0.5) is 8.78 Å². The Labute approximate surface area is 113 Å². The lowest BCUT2D eigenvalue weighted by molar-refractivity contribution is 0.577. The molecule has 7 heteroatoms. The van der Waals surface area contributed by atoms with E-state index in [1.54, 1.807) is 0 Å². The summed E-state index contributed by atoms with van der Waals surface area (Å²) < 4.78 is 26.7. The highest BCUT2D eigenvalue weighted by molar-refractivity contribution is 14.1. The van der Waals surface area contributed by atoms with Gasteiger partial charge in [-0.2, -0.15) is 0 Å². The summed E-state index contributed by atoms with van der Waals surface area (Å²) in [6.45, 7) is 0. The van der Waals surface area contributed by atoms with E-state index >= 15 is 0 Å². The van der Waals surface area contributed by atoms with E-state index in [2.05, 4.69) is 9.97 Å². The molecule has 1 N–H and O–H groups in total. The summed E-state index contributed by atoms with van der Waals surface area (Å²) in [7, 11) is 0. The Morgan fingerprint density at radius 1 is 1.35 bits per heavy atom. The van der Waals surface area contributed by atoms with Crippen LogP contribution in [0.2, 0.25) is 0 Å². The molecule has 0 fully saturated rings. The van der Waals surface area contributed by atoms with Crippen molar-refractivity contribution in [1.29, 1.82) is 0 Å². The van der Waals surface area contributed by atoms with Crippen molar-refractivity contribution in [2.24, 2.45) is 0 Å². The average molecular weight is 366 g/mol. The van der Waals surface area contributed by atoms with Gasteiger partial charge in [0.25, 0.3) is 5.56 Å². The van der Waals surface area contributed by atoms with E-state index in [-0.39, 0.29) is 10.5 Å². The zero-order valence-electron chi connectivity index (χ0n) is 8.21. The first-order chi connectivity index (χ1) is 8.08. The number of hydrogen-bond donors (Lipinski definition) is 1. The molecular weight excluding hydrogens is 361 g/mol. The fourth-order valence-electron chi connectivity index (χ4n) is 1.10. The molecule has 0 aliphatic rings. The van der Waals surface area contributed by atoms with E-state index in [0.29, 0.717) is 8.60 Å². The van der Waals surface area contributed by atoms with Crippen LogP contribution >= 0.6 is 34.4 Å². The van der Waals surface area contributed by atoms with Crippen LogP contribution in [0.3, 0.4) is 0 Å². The number of benzene rings is 1. The van der Waals surface area contributed by atoms with E-state index in [4.69, 9.17) is 0 Å². The van der Waals surface area contributed by atoms with Crippen LogP contribution in [0.1, 0.15) is 0 Å². The van der Waals surface area contributed by atoms with E-state index in [9.17, 15) is 13.6 Å². The Balaban J connectivity index is 2.41. The summed E-state index contributed by atoms with van der Waals surface area (Å²) in [5, 5.41) is 0.346. The molecule has 0 bridgehead atoms. The molecule has 0 radical (unpaired) electrons. The van der Waals surface area contributed by atoms with Crippen LogP contribution in [0.15, 0.2) is 39.2 Å². The molecule has 0 aliphatic carbocycles. The third-order valence-corrected chi connectivity index (χ3v) is 4.27. The average Bonchev–Trinajstić information content (AvgIpc) is 2.30. The van der Waals surface area contributed by atoms with Gasteiger partial charge in [0.1, 0.15) is 20.2 Å². The number of aromatic nitrogens is 2. The predicted molar refractivity (Wildman–Crippen MR) is 68.1 cm³/mol. The van der Waals surface area contributed by atoms with Gasteiger partial charge < -0.3 is 4.98 Å². The maximum absolute atomic E-state index is 13.4. The molecule has 0 saturated heterocycles. The van der Waals surface area contributed by atoms with Crippen molar-refractivity contribution >= 4 is 34.4 Å². The van der Waals surface area contributed by atoms with Crippen molar-refractivity contribution in [2.75, 3.05) is 0 Å². The summed E-state index contributed by atoms with van der Waals surface area (Å²) in [5.41, 5.74) is -0.306. The largest absolute Gasteiger partial charge is 0.312 e. The number of nitrogens with one attached hydrogen (secondary N) is 1. The lowest BCUT2D eigenvalue weighted by Gasteiger charge is -2.03. The van der Waals surface area contributed by atoms with Crippen molar-refractivity contribution in [3.8, 4) is 0 Å². The van der Waals surface area contributed by atoms with Crippen molar-refractivity contribution in [3.63, 3.8) is 0 Å². The van der Waals surface area contributed by atoms with Crippen LogP contribution in [0.25, 0.3) is 0 Å². The zero-order chi connectivity index (χ0) is 12.4. The fourth-order valence-corrected chi connectivity index (χ4v) is 2.56. The number of H-pyrrole nitrogens is 1. The monoisotopic (exact) mass is 366 g/mol. The lowest BCUT2D eigenvalue weighted by atomic mass is 10.3. The van der Waals surface area contributed by atoms with E-state index in [1.165, 1.54) is 6.33 Å². The van der Waals surface area contributed by atoms with Gasteiger partial charge in [0.15, 0.2) is 0 Å². The maximum Gasteiger partial charge on any atom is 0.265 e. The van der Waals surface area contributed by atoms with Gasteiger partial charge >= 0.3 is 0 Å². The number of halogens is 3. The number of rotatable bonds is 2. The molecule has 2 aromatic rings. The Bertz CT molecular complexity index is 617. The summed E-state index contributed by atoms with van der Waals surface area (Å²) >= 11 is 2.72. The van der Waals surface area contributed by atoms with Gasteiger partial charge in [0.05, 0.1) is 11.2 Å². The number of aromatic amines is 1. The Morgan fingerprint density at radius 2 is 2.12 bits per heavy atom. The molecule has 0 amide bonds. The number of hydrogen-bond acceptors (Lipinski definition) is 3. The number of nitrogens with zero attached hydrogens (tertiary/aromatic N) is 1. The molecule has 1 heterocycles. The molecule has 3 nitrogen and oxygen atoms in total. The second kappa shape index (κ2) is 5.13. The van der Waals surface area contributed by atoms with E-state index < -0.39 is 11.6 Å². The van der Waals surface area contributed by atoms with Gasteiger partial charge in [-0.3, -0.25) is 4.79 Å². The van der Waals surface area contributed by atoms with Crippen LogP contribution in [0, 0.1) is 15.2 Å². The van der Waals surface area contributed by atoms with Crippen LogP contribution in [-0.2, 0) is 0 Å².